The van der Waals surface area contributed by atoms with Crippen LogP contribution in [0.4, 0.5) is 5.69 Å². The van der Waals surface area contributed by atoms with Gasteiger partial charge in [-0.2, -0.15) is 0 Å². The van der Waals surface area contributed by atoms with Gasteiger partial charge in [0, 0.05) is 24.7 Å². The first-order chi connectivity index (χ1) is 10.9. The topological polar surface area (TPSA) is 86.7 Å². The molecule has 124 valence electrons. The second-order valence-electron chi connectivity index (χ2n) is 5.80. The zero-order valence-electron chi connectivity index (χ0n) is 13.5. The van der Waals surface area contributed by atoms with E-state index in [9.17, 15) is 19.5 Å². The average molecular weight is 318 g/mol. The number of amides is 2. The van der Waals surface area contributed by atoms with Crippen molar-refractivity contribution in [3.05, 3.63) is 29.3 Å². The second kappa shape index (κ2) is 7.26. The molecular weight excluding hydrogens is 296 g/mol. The summed E-state index contributed by atoms with van der Waals surface area (Å²) in [7, 11) is 1.71. The molecule has 6 nitrogen and oxygen atoms in total. The second-order valence-corrected chi connectivity index (χ2v) is 5.80. The minimum Gasteiger partial charge on any atom is -0.480 e. The molecule has 1 aliphatic rings. The zero-order valence-corrected chi connectivity index (χ0v) is 13.5. The van der Waals surface area contributed by atoms with Crippen LogP contribution in [0.1, 0.15) is 48.5 Å². The van der Waals surface area contributed by atoms with Gasteiger partial charge in [-0.05, 0) is 36.6 Å². The molecule has 1 aromatic carbocycles. The molecule has 0 spiro atoms. The Kier molecular flexibility index (Phi) is 5.36. The van der Waals surface area contributed by atoms with Gasteiger partial charge in [-0.25, -0.2) is 4.79 Å². The molecule has 0 saturated heterocycles. The Balaban J connectivity index is 2.14. The summed E-state index contributed by atoms with van der Waals surface area (Å²) >= 11 is 0. The quantitative estimate of drug-likeness (QED) is 0.839. The predicted octanol–water partition coefficient (Wildman–Crippen LogP) is 1.97. The molecule has 2 amide bonds. The summed E-state index contributed by atoms with van der Waals surface area (Å²) in [6, 6.07) is 4.24. The number of unbranched alkanes of at least 4 members (excludes halogenated alkanes) is 1. The maximum absolute atomic E-state index is 12.3. The van der Waals surface area contributed by atoms with Gasteiger partial charge in [-0.1, -0.05) is 19.8 Å². The standard InChI is InChI=1S/C17H22N2O4/c1-3-4-5-13(17(22)23)18-16(21)12-6-8-14-11(10-12)7-9-15(20)19(14)2/h6,8,10,13H,3-5,7,9H2,1-2H3,(H,18,21)(H,22,23). The zero-order chi connectivity index (χ0) is 17.0. The van der Waals surface area contributed by atoms with Crippen molar-refractivity contribution in [1.82, 2.24) is 5.32 Å². The van der Waals surface area contributed by atoms with Gasteiger partial charge in [0.1, 0.15) is 6.04 Å². The van der Waals surface area contributed by atoms with Gasteiger partial charge in [-0.3, -0.25) is 9.59 Å². The van der Waals surface area contributed by atoms with Crippen LogP contribution in [-0.4, -0.2) is 36.0 Å². The maximum Gasteiger partial charge on any atom is 0.326 e. The Labute approximate surface area is 135 Å². The van der Waals surface area contributed by atoms with Gasteiger partial charge in [0.25, 0.3) is 5.91 Å². The summed E-state index contributed by atoms with van der Waals surface area (Å²) in [6.07, 6.45) is 3.05. The normalized spacial score (nSPS) is 15.0. The summed E-state index contributed by atoms with van der Waals surface area (Å²) in [5.41, 5.74) is 2.16. The molecule has 1 aliphatic heterocycles. The van der Waals surface area contributed by atoms with Crippen molar-refractivity contribution in [2.45, 2.75) is 45.1 Å². The highest BCUT2D eigenvalue weighted by atomic mass is 16.4. The van der Waals surface area contributed by atoms with Gasteiger partial charge in [0.2, 0.25) is 5.91 Å². The molecule has 1 heterocycles. The third-order valence-electron chi connectivity index (χ3n) is 4.14. The number of nitrogens with one attached hydrogen (secondary N) is 1. The van der Waals surface area contributed by atoms with E-state index < -0.39 is 17.9 Å². The minimum absolute atomic E-state index is 0.0557. The lowest BCUT2D eigenvalue weighted by molar-refractivity contribution is -0.139. The van der Waals surface area contributed by atoms with Crippen LogP contribution >= 0.6 is 0 Å². The molecule has 0 bridgehead atoms. The van der Waals surface area contributed by atoms with Gasteiger partial charge >= 0.3 is 5.97 Å². The average Bonchev–Trinajstić information content (AvgIpc) is 2.54. The number of rotatable bonds is 6. The van der Waals surface area contributed by atoms with Crippen molar-refractivity contribution >= 4 is 23.5 Å². The Bertz CT molecular complexity index is 627. The van der Waals surface area contributed by atoms with E-state index in [1.807, 2.05) is 6.92 Å². The molecule has 0 fully saturated rings. The van der Waals surface area contributed by atoms with E-state index in [0.29, 0.717) is 24.8 Å². The number of nitrogens with zero attached hydrogens (tertiary/aromatic N) is 1. The Morgan fingerprint density at radius 1 is 1.35 bits per heavy atom. The van der Waals surface area contributed by atoms with E-state index in [1.54, 1.807) is 30.1 Å². The van der Waals surface area contributed by atoms with Crippen LogP contribution < -0.4 is 10.2 Å². The van der Waals surface area contributed by atoms with E-state index in [2.05, 4.69) is 5.32 Å². The molecule has 6 heteroatoms. The largest absolute Gasteiger partial charge is 0.480 e. The Morgan fingerprint density at radius 2 is 2.09 bits per heavy atom. The lowest BCUT2D eigenvalue weighted by Crippen LogP contribution is -2.40. The third kappa shape index (κ3) is 3.88. The highest BCUT2D eigenvalue weighted by Gasteiger charge is 2.24. The summed E-state index contributed by atoms with van der Waals surface area (Å²) in [5, 5.41) is 11.8. The first kappa shape index (κ1) is 17.0. The van der Waals surface area contributed by atoms with Crippen LogP contribution in [0.3, 0.4) is 0 Å². The number of anilines is 1. The fourth-order valence-corrected chi connectivity index (χ4v) is 2.71. The molecule has 23 heavy (non-hydrogen) atoms. The molecule has 2 rings (SSSR count). The van der Waals surface area contributed by atoms with E-state index in [0.717, 1.165) is 24.1 Å². The molecule has 0 aromatic heterocycles. The number of benzene rings is 1. The lowest BCUT2D eigenvalue weighted by atomic mass is 9.98. The van der Waals surface area contributed by atoms with Crippen LogP contribution in [0, 0.1) is 0 Å². The van der Waals surface area contributed by atoms with Crippen LogP contribution in [0.15, 0.2) is 18.2 Å². The molecule has 2 N–H and O–H groups in total. The van der Waals surface area contributed by atoms with Crippen molar-refractivity contribution in [2.75, 3.05) is 11.9 Å². The molecule has 0 radical (unpaired) electrons. The Hall–Kier alpha value is -2.37. The number of carbonyl (C=O) groups excluding carboxylic acids is 2. The van der Waals surface area contributed by atoms with E-state index in [1.165, 1.54) is 0 Å². The predicted molar refractivity (Wildman–Crippen MR) is 86.6 cm³/mol. The van der Waals surface area contributed by atoms with Crippen molar-refractivity contribution in [3.8, 4) is 0 Å². The number of carbonyl (C=O) groups is 3. The number of fused-ring (bicyclic) bond motifs is 1. The van der Waals surface area contributed by atoms with E-state index in [4.69, 9.17) is 0 Å². The van der Waals surface area contributed by atoms with Gasteiger partial charge in [-0.15, -0.1) is 0 Å². The van der Waals surface area contributed by atoms with E-state index >= 15 is 0 Å². The fraction of sp³-hybridized carbons (Fsp3) is 0.471. The summed E-state index contributed by atoms with van der Waals surface area (Å²) in [5.74, 6) is -1.36. The van der Waals surface area contributed by atoms with Crippen molar-refractivity contribution in [2.24, 2.45) is 0 Å². The van der Waals surface area contributed by atoms with Crippen molar-refractivity contribution < 1.29 is 19.5 Å². The fourth-order valence-electron chi connectivity index (χ4n) is 2.71. The summed E-state index contributed by atoms with van der Waals surface area (Å²) < 4.78 is 0. The van der Waals surface area contributed by atoms with Gasteiger partial charge in [0.15, 0.2) is 0 Å². The molecule has 0 saturated carbocycles. The number of carboxylic acids is 1. The monoisotopic (exact) mass is 318 g/mol. The number of hydrogen-bond donors (Lipinski definition) is 2. The highest BCUT2D eigenvalue weighted by molar-refractivity contribution is 5.99. The van der Waals surface area contributed by atoms with Crippen LogP contribution in [0.5, 0.6) is 0 Å². The first-order valence-electron chi connectivity index (χ1n) is 7.87. The molecule has 0 aliphatic carbocycles. The van der Waals surface area contributed by atoms with Crippen LogP contribution in [0.25, 0.3) is 0 Å². The Morgan fingerprint density at radius 3 is 2.74 bits per heavy atom. The molecule has 1 unspecified atom stereocenters. The number of aryl methyl sites for hydroxylation is 1. The van der Waals surface area contributed by atoms with E-state index in [-0.39, 0.29) is 5.91 Å². The number of aliphatic carboxylic acids is 1. The lowest BCUT2D eigenvalue weighted by Gasteiger charge is -2.26. The first-order valence-corrected chi connectivity index (χ1v) is 7.87. The minimum atomic E-state index is -1.02. The van der Waals surface area contributed by atoms with Crippen LogP contribution in [0.2, 0.25) is 0 Å². The third-order valence-corrected chi connectivity index (χ3v) is 4.14. The van der Waals surface area contributed by atoms with Crippen LogP contribution in [-0.2, 0) is 16.0 Å². The van der Waals surface area contributed by atoms with Crippen molar-refractivity contribution in [3.63, 3.8) is 0 Å². The molecule has 1 aromatic rings. The summed E-state index contributed by atoms with van der Waals surface area (Å²) in [6.45, 7) is 1.97. The number of hydrogen-bond acceptors (Lipinski definition) is 3. The SMILES string of the molecule is CCCCC(NC(=O)c1ccc2c(c1)CCC(=O)N2C)C(=O)O. The van der Waals surface area contributed by atoms with Gasteiger partial charge < -0.3 is 15.3 Å². The maximum atomic E-state index is 12.3. The summed E-state index contributed by atoms with van der Waals surface area (Å²) in [4.78, 5) is 36.8. The molecular formula is C17H22N2O4. The number of carboxylic acid groups (broad SMARTS) is 1. The molecule has 1 atom stereocenters. The smallest absolute Gasteiger partial charge is 0.326 e. The highest BCUT2D eigenvalue weighted by Crippen LogP contribution is 2.27. The van der Waals surface area contributed by atoms with Crippen molar-refractivity contribution in [1.29, 1.82) is 0 Å². The van der Waals surface area contributed by atoms with Gasteiger partial charge in [0.05, 0.1) is 0 Å².